The lowest BCUT2D eigenvalue weighted by atomic mass is 10.2. The molecule has 0 saturated carbocycles. The molecule has 2 atom stereocenters. The van der Waals surface area contributed by atoms with Crippen LogP contribution in [0.3, 0.4) is 0 Å². The second kappa shape index (κ2) is 3.05. The summed E-state index contributed by atoms with van der Waals surface area (Å²) < 4.78 is 0. The summed E-state index contributed by atoms with van der Waals surface area (Å²) in [4.78, 5) is 16.0. The summed E-state index contributed by atoms with van der Waals surface area (Å²) in [5, 5.41) is 0. The Kier molecular flexibility index (Phi) is 2.05. The Bertz CT molecular complexity index is 193. The minimum atomic E-state index is 0.335. The van der Waals surface area contributed by atoms with Gasteiger partial charge in [0.1, 0.15) is 0 Å². The second-order valence-electron chi connectivity index (χ2n) is 3.68. The van der Waals surface area contributed by atoms with Crippen molar-refractivity contribution in [2.24, 2.45) is 0 Å². The highest BCUT2D eigenvalue weighted by Crippen LogP contribution is 2.20. The van der Waals surface area contributed by atoms with Gasteiger partial charge in [-0.2, -0.15) is 0 Å². The van der Waals surface area contributed by atoms with Crippen molar-refractivity contribution in [2.45, 2.75) is 25.8 Å². The third kappa shape index (κ3) is 1.22. The Morgan fingerprint density at radius 2 is 2.25 bits per heavy atom. The molecule has 3 nitrogen and oxygen atoms in total. The maximum absolute atomic E-state index is 11.5. The van der Waals surface area contributed by atoms with Crippen LogP contribution in [0.5, 0.6) is 0 Å². The molecule has 68 valence electrons. The number of amides is 1. The van der Waals surface area contributed by atoms with E-state index in [1.54, 1.807) is 0 Å². The van der Waals surface area contributed by atoms with Crippen LogP contribution in [0.4, 0.5) is 0 Å². The van der Waals surface area contributed by atoms with E-state index in [9.17, 15) is 4.79 Å². The zero-order chi connectivity index (χ0) is 8.55. The van der Waals surface area contributed by atoms with E-state index in [4.69, 9.17) is 0 Å². The first-order chi connectivity index (χ1) is 5.81. The van der Waals surface area contributed by atoms with Gasteiger partial charge in [0.2, 0.25) is 5.91 Å². The van der Waals surface area contributed by atoms with Gasteiger partial charge in [-0.05, 0) is 6.42 Å². The average molecular weight is 168 g/mol. The summed E-state index contributed by atoms with van der Waals surface area (Å²) >= 11 is 0. The summed E-state index contributed by atoms with van der Waals surface area (Å²) in [7, 11) is 0. The molecule has 12 heavy (non-hydrogen) atoms. The molecule has 2 heterocycles. The number of rotatable bonds is 1. The SMILES string of the molecule is CCC(=O)N1CCN2CCC1C2. The van der Waals surface area contributed by atoms with Crippen molar-refractivity contribution in [3.05, 3.63) is 0 Å². The van der Waals surface area contributed by atoms with Gasteiger partial charge in [-0.25, -0.2) is 0 Å². The van der Waals surface area contributed by atoms with E-state index in [1.807, 2.05) is 6.92 Å². The van der Waals surface area contributed by atoms with Crippen LogP contribution in [0.2, 0.25) is 0 Å². The van der Waals surface area contributed by atoms with Crippen LogP contribution in [0.25, 0.3) is 0 Å². The van der Waals surface area contributed by atoms with Gasteiger partial charge >= 0.3 is 0 Å². The van der Waals surface area contributed by atoms with Gasteiger partial charge in [0, 0.05) is 38.6 Å². The second-order valence-corrected chi connectivity index (χ2v) is 3.68. The van der Waals surface area contributed by atoms with Crippen LogP contribution in [0.1, 0.15) is 19.8 Å². The Morgan fingerprint density at radius 3 is 3.00 bits per heavy atom. The number of carbonyl (C=O) groups excluding carboxylic acids is 1. The molecule has 2 aliphatic heterocycles. The van der Waals surface area contributed by atoms with Crippen molar-refractivity contribution < 1.29 is 4.79 Å². The number of hydrogen-bond acceptors (Lipinski definition) is 2. The summed E-state index contributed by atoms with van der Waals surface area (Å²) in [6.07, 6.45) is 1.85. The van der Waals surface area contributed by atoms with Gasteiger partial charge < -0.3 is 4.90 Å². The highest BCUT2D eigenvalue weighted by molar-refractivity contribution is 5.76. The van der Waals surface area contributed by atoms with Crippen molar-refractivity contribution in [1.29, 1.82) is 0 Å². The van der Waals surface area contributed by atoms with Crippen LogP contribution in [0.15, 0.2) is 0 Å². The predicted molar refractivity (Wildman–Crippen MR) is 46.8 cm³/mol. The Hall–Kier alpha value is -0.570. The van der Waals surface area contributed by atoms with Crippen molar-refractivity contribution in [3.63, 3.8) is 0 Å². The smallest absolute Gasteiger partial charge is 0.222 e. The van der Waals surface area contributed by atoms with Gasteiger partial charge in [-0.1, -0.05) is 6.92 Å². The fraction of sp³-hybridized carbons (Fsp3) is 0.889. The van der Waals surface area contributed by atoms with E-state index in [1.165, 1.54) is 13.0 Å². The van der Waals surface area contributed by atoms with E-state index in [0.29, 0.717) is 18.4 Å². The number of fused-ring (bicyclic) bond motifs is 2. The molecule has 0 aromatic rings. The van der Waals surface area contributed by atoms with Crippen LogP contribution < -0.4 is 0 Å². The zero-order valence-corrected chi connectivity index (χ0v) is 7.62. The Balaban J connectivity index is 2.02. The van der Waals surface area contributed by atoms with E-state index in [0.717, 1.165) is 19.6 Å². The van der Waals surface area contributed by atoms with Crippen molar-refractivity contribution in [3.8, 4) is 0 Å². The molecule has 0 radical (unpaired) electrons. The molecule has 2 fully saturated rings. The molecule has 0 spiro atoms. The maximum Gasteiger partial charge on any atom is 0.222 e. The molecular weight excluding hydrogens is 152 g/mol. The third-order valence-corrected chi connectivity index (χ3v) is 2.97. The highest BCUT2D eigenvalue weighted by atomic mass is 16.2. The minimum absolute atomic E-state index is 0.335. The van der Waals surface area contributed by atoms with Gasteiger partial charge in [0.05, 0.1) is 0 Å². The largest absolute Gasteiger partial charge is 0.337 e. The minimum Gasteiger partial charge on any atom is -0.337 e. The molecule has 0 aromatic heterocycles. The van der Waals surface area contributed by atoms with Gasteiger partial charge in [-0.3, -0.25) is 9.69 Å². The summed E-state index contributed by atoms with van der Waals surface area (Å²) in [6, 6.07) is 0.534. The van der Waals surface area contributed by atoms with E-state index in [2.05, 4.69) is 9.80 Å². The van der Waals surface area contributed by atoms with E-state index < -0.39 is 0 Å². The molecule has 0 N–H and O–H groups in total. The highest BCUT2D eigenvalue weighted by Gasteiger charge is 2.33. The van der Waals surface area contributed by atoms with Crippen LogP contribution in [-0.2, 0) is 4.79 Å². The van der Waals surface area contributed by atoms with Crippen molar-refractivity contribution >= 4 is 5.91 Å². The molecule has 0 aliphatic carbocycles. The molecule has 2 rings (SSSR count). The van der Waals surface area contributed by atoms with E-state index in [-0.39, 0.29) is 0 Å². The quantitative estimate of drug-likeness (QED) is 0.562. The fourth-order valence-corrected chi connectivity index (χ4v) is 2.23. The third-order valence-electron chi connectivity index (χ3n) is 2.97. The molecule has 2 aliphatic rings. The lowest BCUT2D eigenvalue weighted by molar-refractivity contribution is -0.134. The number of hydrogen-bond donors (Lipinski definition) is 0. The van der Waals surface area contributed by atoms with Crippen LogP contribution in [0, 0.1) is 0 Å². The molecule has 3 heteroatoms. The topological polar surface area (TPSA) is 23.6 Å². The van der Waals surface area contributed by atoms with Crippen LogP contribution >= 0.6 is 0 Å². The summed E-state index contributed by atoms with van der Waals surface area (Å²) in [6.45, 7) is 6.30. The van der Waals surface area contributed by atoms with Gasteiger partial charge in [0.15, 0.2) is 0 Å². The lowest BCUT2D eigenvalue weighted by Crippen LogP contribution is -2.49. The molecule has 2 bridgehead atoms. The summed E-state index contributed by atoms with van der Waals surface area (Å²) in [5.74, 6) is 0.335. The predicted octanol–water partition coefficient (Wildman–Crippen LogP) is 0.313. The van der Waals surface area contributed by atoms with Gasteiger partial charge in [0.25, 0.3) is 0 Å². The number of nitrogens with zero attached hydrogens (tertiary/aromatic N) is 2. The van der Waals surface area contributed by atoms with Gasteiger partial charge in [-0.15, -0.1) is 0 Å². The average Bonchev–Trinajstić information content (AvgIpc) is 2.47. The van der Waals surface area contributed by atoms with E-state index >= 15 is 0 Å². The lowest BCUT2D eigenvalue weighted by Gasteiger charge is -2.34. The maximum atomic E-state index is 11.5. The molecule has 1 amide bonds. The monoisotopic (exact) mass is 168 g/mol. The Labute approximate surface area is 73.3 Å². The molecular formula is C9H16N2O. The zero-order valence-electron chi connectivity index (χ0n) is 7.62. The first kappa shape index (κ1) is 8.05. The molecule has 2 saturated heterocycles. The normalized spacial score (nSPS) is 33.9. The van der Waals surface area contributed by atoms with Crippen LogP contribution in [-0.4, -0.2) is 47.9 Å². The number of piperazine rings is 1. The fourth-order valence-electron chi connectivity index (χ4n) is 2.23. The first-order valence-corrected chi connectivity index (χ1v) is 4.83. The van der Waals surface area contributed by atoms with Crippen molar-refractivity contribution in [2.75, 3.05) is 26.2 Å². The molecule has 0 aromatic carbocycles. The standard InChI is InChI=1S/C9H16N2O/c1-2-9(12)11-6-5-10-4-3-8(11)7-10/h8H,2-7H2,1H3. The van der Waals surface area contributed by atoms with Crippen molar-refractivity contribution in [1.82, 2.24) is 9.80 Å². The Morgan fingerprint density at radius 1 is 1.42 bits per heavy atom. The summed E-state index contributed by atoms with van der Waals surface area (Å²) in [5.41, 5.74) is 0. The number of carbonyl (C=O) groups is 1. The first-order valence-electron chi connectivity index (χ1n) is 4.83. The molecule has 2 unspecified atom stereocenters.